The predicted molar refractivity (Wildman–Crippen MR) is 106 cm³/mol. The van der Waals surface area contributed by atoms with Gasteiger partial charge in [-0.3, -0.25) is 0 Å². The number of hydrogen-bond donors (Lipinski definition) is 1. The zero-order chi connectivity index (χ0) is 19.5. The Balaban J connectivity index is 1.47. The van der Waals surface area contributed by atoms with Gasteiger partial charge >= 0.3 is 6.03 Å². The fourth-order valence-electron chi connectivity index (χ4n) is 3.82. The topological polar surface area (TPSA) is 80.5 Å². The van der Waals surface area contributed by atoms with Crippen molar-refractivity contribution in [2.75, 3.05) is 31.6 Å². The van der Waals surface area contributed by atoms with Crippen molar-refractivity contribution in [3.8, 4) is 11.5 Å². The molecule has 28 heavy (non-hydrogen) atoms. The summed E-state index contributed by atoms with van der Waals surface area (Å²) in [6.07, 6.45) is 4.54. The van der Waals surface area contributed by atoms with Gasteiger partial charge in [-0.25, -0.2) is 4.79 Å². The highest BCUT2D eigenvalue weighted by atomic mass is 16.5. The summed E-state index contributed by atoms with van der Waals surface area (Å²) in [5.41, 5.74) is 2.57. The van der Waals surface area contributed by atoms with Crippen LogP contribution in [0.2, 0.25) is 0 Å². The molecule has 150 valence electrons. The van der Waals surface area contributed by atoms with E-state index in [1.807, 2.05) is 36.9 Å². The van der Waals surface area contributed by atoms with E-state index < -0.39 is 0 Å². The second-order valence-corrected chi connectivity index (χ2v) is 7.80. The minimum atomic E-state index is -0.0742. The summed E-state index contributed by atoms with van der Waals surface area (Å²) >= 11 is 0. The Morgan fingerprint density at radius 3 is 2.89 bits per heavy atom. The third-order valence-corrected chi connectivity index (χ3v) is 5.91. The van der Waals surface area contributed by atoms with E-state index in [1.165, 1.54) is 19.3 Å². The number of anilines is 1. The van der Waals surface area contributed by atoms with Gasteiger partial charge in [-0.15, -0.1) is 0 Å². The highest BCUT2D eigenvalue weighted by molar-refractivity contribution is 5.91. The second-order valence-electron chi connectivity index (χ2n) is 7.80. The Kier molecular flexibility index (Phi) is 5.62. The van der Waals surface area contributed by atoms with E-state index in [2.05, 4.69) is 15.5 Å². The van der Waals surface area contributed by atoms with Crippen molar-refractivity contribution in [1.29, 1.82) is 0 Å². The Labute approximate surface area is 165 Å². The quantitative estimate of drug-likeness (QED) is 0.865. The summed E-state index contributed by atoms with van der Waals surface area (Å²) in [6, 6.07) is 5.72. The molecule has 1 saturated carbocycles. The van der Waals surface area contributed by atoms with Crippen molar-refractivity contribution in [2.24, 2.45) is 11.8 Å². The van der Waals surface area contributed by atoms with Gasteiger partial charge in [-0.2, -0.15) is 4.98 Å². The molecule has 0 radical (unpaired) electrons. The first-order chi connectivity index (χ1) is 13.6. The third kappa shape index (κ3) is 4.04. The smallest absolute Gasteiger partial charge is 0.321 e. The lowest BCUT2D eigenvalue weighted by Gasteiger charge is -2.34. The molecule has 1 aliphatic carbocycles. The van der Waals surface area contributed by atoms with Crippen LogP contribution in [0, 0.1) is 18.8 Å². The van der Waals surface area contributed by atoms with Crippen LogP contribution in [0.3, 0.4) is 0 Å². The number of amides is 2. The third-order valence-electron chi connectivity index (χ3n) is 5.91. The lowest BCUT2D eigenvalue weighted by atomic mass is 9.76. The minimum absolute atomic E-state index is 0.0742. The molecule has 0 bridgehead atoms. The van der Waals surface area contributed by atoms with Crippen molar-refractivity contribution < 1.29 is 14.1 Å². The number of rotatable bonds is 4. The molecule has 2 aromatic rings. The van der Waals surface area contributed by atoms with Gasteiger partial charge in [-0.05, 0) is 30.5 Å². The molecule has 1 aromatic carbocycles. The number of hydrogen-bond acceptors (Lipinski definition) is 5. The normalized spacial score (nSPS) is 20.5. The number of aryl methyl sites for hydroxylation is 2. The van der Waals surface area contributed by atoms with Crippen LogP contribution in [-0.4, -0.2) is 47.4 Å². The molecular weight excluding hydrogens is 356 g/mol. The molecular formula is C21H28N4O3. The van der Waals surface area contributed by atoms with Crippen LogP contribution in [0.4, 0.5) is 10.5 Å². The average Bonchev–Trinajstić information content (AvgIpc) is 3.01. The Hall–Kier alpha value is -2.41. The summed E-state index contributed by atoms with van der Waals surface area (Å²) in [5.74, 6) is 2.29. The van der Waals surface area contributed by atoms with Crippen LogP contribution in [0.5, 0.6) is 0 Å². The SMILES string of the molecule is CCc1noc(-c2ccc(C)c(NC(=O)N3CCOC[C@@H](C4CCC4)C3)c2)n1. The number of aromatic nitrogens is 2. The summed E-state index contributed by atoms with van der Waals surface area (Å²) in [5, 5.41) is 7.03. The molecule has 7 nitrogen and oxygen atoms in total. The van der Waals surface area contributed by atoms with E-state index in [9.17, 15) is 4.79 Å². The van der Waals surface area contributed by atoms with Crippen LogP contribution >= 0.6 is 0 Å². The molecule has 1 saturated heterocycles. The van der Waals surface area contributed by atoms with E-state index in [4.69, 9.17) is 9.26 Å². The van der Waals surface area contributed by atoms with E-state index >= 15 is 0 Å². The molecule has 4 rings (SSSR count). The summed E-state index contributed by atoms with van der Waals surface area (Å²) < 4.78 is 11.1. The molecule has 1 aromatic heterocycles. The second kappa shape index (κ2) is 8.31. The van der Waals surface area contributed by atoms with Crippen molar-refractivity contribution in [2.45, 2.75) is 39.5 Å². The van der Waals surface area contributed by atoms with Crippen LogP contribution in [0.15, 0.2) is 22.7 Å². The highest BCUT2D eigenvalue weighted by Crippen LogP contribution is 2.35. The van der Waals surface area contributed by atoms with Gasteiger partial charge in [0.15, 0.2) is 5.82 Å². The van der Waals surface area contributed by atoms with Gasteiger partial charge in [0.1, 0.15) is 0 Å². The van der Waals surface area contributed by atoms with Gasteiger partial charge in [0, 0.05) is 36.7 Å². The first-order valence-corrected chi connectivity index (χ1v) is 10.2. The van der Waals surface area contributed by atoms with Crippen molar-refractivity contribution in [3.05, 3.63) is 29.6 Å². The maximum Gasteiger partial charge on any atom is 0.321 e. The summed E-state index contributed by atoms with van der Waals surface area (Å²) in [4.78, 5) is 19.2. The predicted octanol–water partition coefficient (Wildman–Crippen LogP) is 3.89. The van der Waals surface area contributed by atoms with Gasteiger partial charge in [0.05, 0.1) is 13.2 Å². The van der Waals surface area contributed by atoms with Crippen LogP contribution in [0.1, 0.15) is 37.6 Å². The van der Waals surface area contributed by atoms with Gasteiger partial charge < -0.3 is 19.5 Å². The van der Waals surface area contributed by atoms with E-state index in [0.29, 0.717) is 36.7 Å². The van der Waals surface area contributed by atoms with Gasteiger partial charge in [-0.1, -0.05) is 37.4 Å². The van der Waals surface area contributed by atoms with Crippen molar-refractivity contribution >= 4 is 11.7 Å². The molecule has 0 spiro atoms. The summed E-state index contributed by atoms with van der Waals surface area (Å²) in [7, 11) is 0. The highest BCUT2D eigenvalue weighted by Gasteiger charge is 2.32. The largest absolute Gasteiger partial charge is 0.379 e. The molecule has 0 unspecified atom stereocenters. The molecule has 1 N–H and O–H groups in total. The standard InChI is InChI=1S/C21H28N4O3/c1-3-19-23-20(28-24-19)16-8-7-14(2)18(11-16)22-21(26)25-9-10-27-13-17(12-25)15-5-4-6-15/h7-8,11,15,17H,3-6,9-10,12-13H2,1-2H3,(H,22,26)/t17-/m0/s1. The zero-order valence-corrected chi connectivity index (χ0v) is 16.6. The number of urea groups is 1. The molecule has 1 aliphatic heterocycles. The number of nitrogens with zero attached hydrogens (tertiary/aromatic N) is 3. The van der Waals surface area contributed by atoms with E-state index in [1.54, 1.807) is 0 Å². The molecule has 2 heterocycles. The summed E-state index contributed by atoms with van der Waals surface area (Å²) in [6.45, 7) is 6.71. The maximum absolute atomic E-state index is 13.0. The van der Waals surface area contributed by atoms with Crippen molar-refractivity contribution in [3.63, 3.8) is 0 Å². The molecule has 2 amide bonds. The number of ether oxygens (including phenoxy) is 1. The van der Waals surface area contributed by atoms with Gasteiger partial charge in [0.2, 0.25) is 0 Å². The fourth-order valence-corrected chi connectivity index (χ4v) is 3.82. The minimum Gasteiger partial charge on any atom is -0.379 e. The van der Waals surface area contributed by atoms with Crippen LogP contribution in [0.25, 0.3) is 11.5 Å². The average molecular weight is 384 g/mol. The maximum atomic E-state index is 13.0. The first kappa shape index (κ1) is 18.9. The lowest BCUT2D eigenvalue weighted by molar-refractivity contribution is 0.0776. The number of nitrogens with one attached hydrogen (secondary N) is 1. The molecule has 7 heteroatoms. The first-order valence-electron chi connectivity index (χ1n) is 10.2. The monoisotopic (exact) mass is 384 g/mol. The Morgan fingerprint density at radius 1 is 1.32 bits per heavy atom. The van der Waals surface area contributed by atoms with Crippen LogP contribution in [-0.2, 0) is 11.2 Å². The lowest BCUT2D eigenvalue weighted by Crippen LogP contribution is -2.41. The number of carbonyl (C=O) groups excluding carboxylic acids is 1. The molecule has 1 atom stereocenters. The number of carbonyl (C=O) groups is 1. The van der Waals surface area contributed by atoms with Crippen LogP contribution < -0.4 is 5.32 Å². The number of benzene rings is 1. The van der Waals surface area contributed by atoms with Gasteiger partial charge in [0.25, 0.3) is 5.89 Å². The van der Waals surface area contributed by atoms with E-state index in [-0.39, 0.29) is 6.03 Å². The Bertz CT molecular complexity index is 831. The molecule has 2 fully saturated rings. The van der Waals surface area contributed by atoms with E-state index in [0.717, 1.165) is 36.4 Å². The zero-order valence-electron chi connectivity index (χ0n) is 16.6. The molecule has 2 aliphatic rings. The fraction of sp³-hybridized carbons (Fsp3) is 0.571. The van der Waals surface area contributed by atoms with Crippen molar-refractivity contribution in [1.82, 2.24) is 15.0 Å². The Morgan fingerprint density at radius 2 is 2.18 bits per heavy atom.